The third-order valence-corrected chi connectivity index (χ3v) is 2.81. The van der Waals surface area contributed by atoms with Crippen LogP contribution in [0.5, 0.6) is 0 Å². The molecular weight excluding hydrogens is 226 g/mol. The molecule has 1 aromatic carbocycles. The summed E-state index contributed by atoms with van der Waals surface area (Å²) >= 11 is 0. The van der Waals surface area contributed by atoms with E-state index >= 15 is 0 Å². The third-order valence-electron chi connectivity index (χ3n) is 2.81. The van der Waals surface area contributed by atoms with Crippen molar-refractivity contribution in [1.29, 1.82) is 0 Å². The molecular formula is C12H14F2N2O. The van der Waals surface area contributed by atoms with E-state index in [-0.39, 0.29) is 12.5 Å². The summed E-state index contributed by atoms with van der Waals surface area (Å²) in [6, 6.07) is 3.62. The van der Waals surface area contributed by atoms with Crippen molar-refractivity contribution >= 4 is 5.91 Å². The Balaban J connectivity index is 1.80. The van der Waals surface area contributed by atoms with E-state index in [2.05, 4.69) is 10.6 Å². The number of carbonyl (C=O) groups excluding carboxylic acids is 1. The van der Waals surface area contributed by atoms with Crippen molar-refractivity contribution < 1.29 is 13.6 Å². The molecule has 1 heterocycles. The predicted octanol–water partition coefficient (Wildman–Crippen LogP) is 1.19. The summed E-state index contributed by atoms with van der Waals surface area (Å²) in [5.74, 6) is -1.42. The molecule has 3 nitrogen and oxygen atoms in total. The Hall–Kier alpha value is -1.49. The normalized spacial score (nSPS) is 15.4. The topological polar surface area (TPSA) is 41.1 Å². The molecule has 17 heavy (non-hydrogen) atoms. The Kier molecular flexibility index (Phi) is 3.68. The number of hydrogen-bond donors (Lipinski definition) is 2. The molecule has 1 aliphatic rings. The predicted molar refractivity (Wildman–Crippen MR) is 59.2 cm³/mol. The molecule has 1 amide bonds. The second kappa shape index (κ2) is 5.23. The number of nitrogens with one attached hydrogen (secondary N) is 2. The molecule has 0 unspecified atom stereocenters. The Bertz CT molecular complexity index is 419. The maximum atomic E-state index is 12.9. The molecule has 1 fully saturated rings. The van der Waals surface area contributed by atoms with Crippen molar-refractivity contribution in [2.45, 2.75) is 13.0 Å². The third kappa shape index (κ3) is 3.23. The number of halogens is 2. The number of carbonyl (C=O) groups is 1. The number of benzene rings is 1. The fourth-order valence-electron chi connectivity index (χ4n) is 1.68. The lowest BCUT2D eigenvalue weighted by Gasteiger charge is -2.26. The maximum absolute atomic E-state index is 12.9. The van der Waals surface area contributed by atoms with Crippen LogP contribution in [0.15, 0.2) is 18.2 Å². The summed E-state index contributed by atoms with van der Waals surface area (Å²) in [6.07, 6.45) is 0.483. The van der Waals surface area contributed by atoms with Gasteiger partial charge >= 0.3 is 0 Å². The van der Waals surface area contributed by atoms with Gasteiger partial charge in [0.1, 0.15) is 0 Å². The summed E-state index contributed by atoms with van der Waals surface area (Å²) in [5, 5.41) is 5.77. The van der Waals surface area contributed by atoms with Gasteiger partial charge in [-0.2, -0.15) is 0 Å². The maximum Gasteiger partial charge on any atom is 0.220 e. The van der Waals surface area contributed by atoms with Gasteiger partial charge in [0.15, 0.2) is 11.6 Å². The van der Waals surface area contributed by atoms with Gasteiger partial charge in [-0.1, -0.05) is 6.07 Å². The minimum atomic E-state index is -0.889. The summed E-state index contributed by atoms with van der Waals surface area (Å²) in [5.41, 5.74) is 0.559. The van der Waals surface area contributed by atoms with Crippen LogP contribution in [0.1, 0.15) is 12.0 Å². The highest BCUT2D eigenvalue weighted by Gasteiger charge is 2.19. The first-order valence-electron chi connectivity index (χ1n) is 5.56. The molecule has 0 saturated carbocycles. The van der Waals surface area contributed by atoms with Crippen LogP contribution in [-0.4, -0.2) is 19.0 Å². The second-order valence-electron chi connectivity index (χ2n) is 4.25. The molecule has 2 N–H and O–H groups in total. The number of hydrogen-bond acceptors (Lipinski definition) is 2. The molecule has 1 saturated heterocycles. The van der Waals surface area contributed by atoms with Gasteiger partial charge in [-0.25, -0.2) is 8.78 Å². The Morgan fingerprint density at radius 3 is 2.71 bits per heavy atom. The van der Waals surface area contributed by atoms with Gasteiger partial charge in [0.2, 0.25) is 5.91 Å². The van der Waals surface area contributed by atoms with Gasteiger partial charge in [0.25, 0.3) is 0 Å². The molecule has 92 valence electrons. The lowest BCUT2D eigenvalue weighted by molar-refractivity contribution is -0.122. The van der Waals surface area contributed by atoms with Gasteiger partial charge < -0.3 is 10.6 Å². The van der Waals surface area contributed by atoms with E-state index < -0.39 is 11.6 Å². The van der Waals surface area contributed by atoms with Gasteiger partial charge in [-0.3, -0.25) is 4.79 Å². The van der Waals surface area contributed by atoms with Crippen LogP contribution in [-0.2, 0) is 11.3 Å². The summed E-state index contributed by atoms with van der Waals surface area (Å²) in [4.78, 5) is 11.5. The molecule has 1 aromatic rings. The first-order valence-corrected chi connectivity index (χ1v) is 5.56. The first-order chi connectivity index (χ1) is 8.15. The van der Waals surface area contributed by atoms with Crippen molar-refractivity contribution in [3.63, 3.8) is 0 Å². The molecule has 5 heteroatoms. The number of amides is 1. The van der Waals surface area contributed by atoms with E-state index in [0.29, 0.717) is 17.9 Å². The average Bonchev–Trinajstić information content (AvgIpc) is 2.25. The summed E-state index contributed by atoms with van der Waals surface area (Å²) in [6.45, 7) is 1.98. The molecule has 1 aliphatic heterocycles. The van der Waals surface area contributed by atoms with Crippen LogP contribution < -0.4 is 10.6 Å². The zero-order valence-electron chi connectivity index (χ0n) is 9.30. The molecule has 2 rings (SSSR count). The van der Waals surface area contributed by atoms with E-state index in [9.17, 15) is 13.6 Å². The minimum absolute atomic E-state index is 0.0544. The van der Waals surface area contributed by atoms with E-state index in [4.69, 9.17) is 0 Å². The minimum Gasteiger partial charge on any atom is -0.352 e. The van der Waals surface area contributed by atoms with Gasteiger partial charge in [0.05, 0.1) is 0 Å². The van der Waals surface area contributed by atoms with Gasteiger partial charge in [-0.05, 0) is 36.7 Å². The Morgan fingerprint density at radius 1 is 1.35 bits per heavy atom. The van der Waals surface area contributed by atoms with E-state index in [1.807, 2.05) is 0 Å². The van der Waals surface area contributed by atoms with Gasteiger partial charge in [-0.15, -0.1) is 0 Å². The van der Waals surface area contributed by atoms with Crippen LogP contribution in [0.3, 0.4) is 0 Å². The smallest absolute Gasteiger partial charge is 0.220 e. The van der Waals surface area contributed by atoms with Crippen LogP contribution in [0.4, 0.5) is 8.78 Å². The monoisotopic (exact) mass is 240 g/mol. The first kappa shape index (κ1) is 12.0. The SMILES string of the molecule is O=C(CC1CNC1)NCc1ccc(F)c(F)c1. The van der Waals surface area contributed by atoms with Crippen LogP contribution in [0.2, 0.25) is 0 Å². The van der Waals surface area contributed by atoms with Crippen molar-refractivity contribution in [1.82, 2.24) is 10.6 Å². The fourth-order valence-corrected chi connectivity index (χ4v) is 1.68. The van der Waals surface area contributed by atoms with Crippen molar-refractivity contribution in [3.8, 4) is 0 Å². The molecule has 0 aromatic heterocycles. The van der Waals surface area contributed by atoms with Crippen LogP contribution in [0.25, 0.3) is 0 Å². The molecule has 0 atom stereocenters. The highest BCUT2D eigenvalue weighted by molar-refractivity contribution is 5.76. The number of rotatable bonds is 4. The van der Waals surface area contributed by atoms with Gasteiger partial charge in [0, 0.05) is 13.0 Å². The van der Waals surface area contributed by atoms with Crippen molar-refractivity contribution in [2.75, 3.05) is 13.1 Å². The second-order valence-corrected chi connectivity index (χ2v) is 4.25. The average molecular weight is 240 g/mol. The van der Waals surface area contributed by atoms with E-state index in [0.717, 1.165) is 25.2 Å². The fraction of sp³-hybridized carbons (Fsp3) is 0.417. The van der Waals surface area contributed by atoms with E-state index in [1.165, 1.54) is 6.07 Å². The zero-order valence-corrected chi connectivity index (χ0v) is 9.30. The molecule has 0 aliphatic carbocycles. The largest absolute Gasteiger partial charge is 0.352 e. The van der Waals surface area contributed by atoms with Crippen LogP contribution in [0, 0.1) is 17.6 Å². The quantitative estimate of drug-likeness (QED) is 0.830. The van der Waals surface area contributed by atoms with Crippen molar-refractivity contribution in [2.24, 2.45) is 5.92 Å². The highest BCUT2D eigenvalue weighted by Crippen LogP contribution is 2.10. The lowest BCUT2D eigenvalue weighted by Crippen LogP contribution is -2.44. The Labute approximate surface area is 98.2 Å². The Morgan fingerprint density at radius 2 is 2.12 bits per heavy atom. The zero-order chi connectivity index (χ0) is 12.3. The molecule has 0 bridgehead atoms. The van der Waals surface area contributed by atoms with Crippen molar-refractivity contribution in [3.05, 3.63) is 35.4 Å². The molecule has 0 spiro atoms. The molecule has 0 radical (unpaired) electrons. The van der Waals surface area contributed by atoms with Crippen LogP contribution >= 0.6 is 0 Å². The standard InChI is InChI=1S/C12H14F2N2O/c13-10-2-1-8(3-11(10)14)7-16-12(17)4-9-5-15-6-9/h1-3,9,15H,4-7H2,(H,16,17). The van der Waals surface area contributed by atoms with E-state index in [1.54, 1.807) is 0 Å². The summed E-state index contributed by atoms with van der Waals surface area (Å²) in [7, 11) is 0. The highest BCUT2D eigenvalue weighted by atomic mass is 19.2. The lowest BCUT2D eigenvalue weighted by atomic mass is 9.99. The summed E-state index contributed by atoms with van der Waals surface area (Å²) < 4.78 is 25.5.